The summed E-state index contributed by atoms with van der Waals surface area (Å²) < 4.78 is 23.7. The number of allylic oxidation sites excluding steroid dienone is 1. The monoisotopic (exact) mass is 346 g/mol. The Morgan fingerprint density at radius 2 is 1.80 bits per heavy atom. The van der Waals surface area contributed by atoms with Gasteiger partial charge in [0.1, 0.15) is 5.82 Å². The molecule has 5 nitrogen and oxygen atoms in total. The number of hydrogen-bond acceptors (Lipinski definition) is 5. The van der Waals surface area contributed by atoms with Crippen molar-refractivity contribution in [2.45, 2.75) is 26.7 Å². The molecule has 0 saturated carbocycles. The Labute approximate surface area is 144 Å². The first-order chi connectivity index (χ1) is 11.9. The largest absolute Gasteiger partial charge is 0.465 e. The number of ketones is 1. The molecule has 132 valence electrons. The normalized spacial score (nSPS) is 20.4. The molecule has 6 heteroatoms. The minimum atomic E-state index is -1.55. The molecule has 2 aliphatic carbocycles. The van der Waals surface area contributed by atoms with Crippen LogP contribution in [0.1, 0.15) is 42.6 Å². The Hall–Kier alpha value is -2.50. The lowest BCUT2D eigenvalue weighted by Crippen LogP contribution is -2.39. The number of halogens is 1. The Morgan fingerprint density at radius 1 is 1.16 bits per heavy atom. The van der Waals surface area contributed by atoms with Crippen LogP contribution in [0, 0.1) is 17.2 Å². The highest BCUT2D eigenvalue weighted by atomic mass is 19.1. The van der Waals surface area contributed by atoms with E-state index in [1.165, 1.54) is 18.2 Å². The molecule has 0 fully saturated rings. The van der Waals surface area contributed by atoms with E-state index in [1.54, 1.807) is 19.9 Å². The van der Waals surface area contributed by atoms with Crippen molar-refractivity contribution >= 4 is 23.3 Å². The fraction of sp³-hybridized carbons (Fsp3) is 0.421. The van der Waals surface area contributed by atoms with E-state index in [4.69, 9.17) is 9.47 Å². The second-order valence-corrected chi connectivity index (χ2v) is 6.23. The number of ether oxygens (including phenoxy) is 2. The first-order valence-electron chi connectivity index (χ1n) is 8.33. The van der Waals surface area contributed by atoms with Crippen molar-refractivity contribution in [3.05, 3.63) is 41.2 Å². The molecule has 1 aromatic carbocycles. The second kappa shape index (κ2) is 6.43. The van der Waals surface area contributed by atoms with E-state index < -0.39 is 23.2 Å². The van der Waals surface area contributed by atoms with Gasteiger partial charge >= 0.3 is 11.9 Å². The van der Waals surface area contributed by atoms with Crippen LogP contribution in [0.3, 0.4) is 0 Å². The molecule has 0 aliphatic heterocycles. The Morgan fingerprint density at radius 3 is 2.40 bits per heavy atom. The lowest BCUT2D eigenvalue weighted by Gasteiger charge is -2.25. The second-order valence-electron chi connectivity index (χ2n) is 6.23. The fourth-order valence-corrected chi connectivity index (χ4v) is 3.64. The maximum absolute atomic E-state index is 13.5. The molecule has 0 heterocycles. The fourth-order valence-electron chi connectivity index (χ4n) is 3.64. The third-order valence-electron chi connectivity index (χ3n) is 4.71. The number of carbonyl (C=O) groups excluding carboxylic acids is 3. The molecular weight excluding hydrogens is 327 g/mol. The molecule has 0 spiro atoms. The van der Waals surface area contributed by atoms with Crippen molar-refractivity contribution in [1.29, 1.82) is 0 Å². The maximum atomic E-state index is 13.5. The van der Waals surface area contributed by atoms with Crippen LogP contribution < -0.4 is 0 Å². The standard InChI is InChI=1S/C19H19FO5/c1-3-24-17(22)19(18(23)25-4-2)9-11-7-16(21)14-8-12(20)5-6-13(14)15(11)10-19/h5-6,8,10-11H,3-4,7,9H2,1-2H3. The van der Waals surface area contributed by atoms with Crippen LogP contribution in [0.5, 0.6) is 0 Å². The number of benzene rings is 1. The van der Waals surface area contributed by atoms with Crippen LogP contribution in [0.4, 0.5) is 4.39 Å². The molecule has 0 N–H and O–H groups in total. The summed E-state index contributed by atoms with van der Waals surface area (Å²) in [6, 6.07) is 3.99. The molecule has 25 heavy (non-hydrogen) atoms. The van der Waals surface area contributed by atoms with Crippen LogP contribution in [0.2, 0.25) is 0 Å². The van der Waals surface area contributed by atoms with Gasteiger partial charge in [0, 0.05) is 12.0 Å². The van der Waals surface area contributed by atoms with Crippen LogP contribution >= 0.6 is 0 Å². The van der Waals surface area contributed by atoms with E-state index in [0.29, 0.717) is 11.1 Å². The number of hydrogen-bond donors (Lipinski definition) is 0. The number of fused-ring (bicyclic) bond motifs is 3. The van der Waals surface area contributed by atoms with Crippen molar-refractivity contribution in [1.82, 2.24) is 0 Å². The van der Waals surface area contributed by atoms with Gasteiger partial charge in [-0.1, -0.05) is 12.1 Å². The number of esters is 2. The predicted octanol–water partition coefficient (Wildman–Crippen LogP) is 2.93. The quantitative estimate of drug-likeness (QED) is 0.619. The molecule has 3 rings (SSSR count). The zero-order chi connectivity index (χ0) is 18.2. The van der Waals surface area contributed by atoms with Gasteiger partial charge in [-0.15, -0.1) is 0 Å². The Balaban J connectivity index is 2.11. The Kier molecular flexibility index (Phi) is 4.45. The summed E-state index contributed by atoms with van der Waals surface area (Å²) in [5.41, 5.74) is 0.00214. The van der Waals surface area contributed by atoms with E-state index in [9.17, 15) is 18.8 Å². The molecule has 2 aliphatic rings. The van der Waals surface area contributed by atoms with Crippen LogP contribution in [-0.4, -0.2) is 30.9 Å². The SMILES string of the molecule is CCOC(=O)C1(C(=O)OCC)C=C2c3ccc(F)cc3C(=O)CC2C1. The van der Waals surface area contributed by atoms with E-state index in [-0.39, 0.29) is 43.3 Å². The molecule has 0 radical (unpaired) electrons. The summed E-state index contributed by atoms with van der Waals surface area (Å²) in [5.74, 6) is -2.33. The third-order valence-corrected chi connectivity index (χ3v) is 4.71. The highest BCUT2D eigenvalue weighted by molar-refractivity contribution is 6.10. The zero-order valence-corrected chi connectivity index (χ0v) is 14.1. The van der Waals surface area contributed by atoms with E-state index in [1.807, 2.05) is 0 Å². The molecule has 1 unspecified atom stereocenters. The molecule has 0 amide bonds. The van der Waals surface area contributed by atoms with Crippen molar-refractivity contribution in [3.63, 3.8) is 0 Å². The first kappa shape index (κ1) is 17.3. The highest BCUT2D eigenvalue weighted by Crippen LogP contribution is 2.51. The van der Waals surface area contributed by atoms with Crippen molar-refractivity contribution in [2.75, 3.05) is 13.2 Å². The molecule has 1 atom stereocenters. The van der Waals surface area contributed by atoms with E-state index in [2.05, 4.69) is 0 Å². The third kappa shape index (κ3) is 2.75. The maximum Gasteiger partial charge on any atom is 0.327 e. The van der Waals surface area contributed by atoms with Gasteiger partial charge in [0.15, 0.2) is 11.2 Å². The number of carbonyl (C=O) groups is 3. The summed E-state index contributed by atoms with van der Waals surface area (Å²) >= 11 is 0. The van der Waals surface area contributed by atoms with Crippen LogP contribution in [-0.2, 0) is 19.1 Å². The molecule has 0 bridgehead atoms. The van der Waals surface area contributed by atoms with Gasteiger partial charge in [-0.25, -0.2) is 4.39 Å². The first-order valence-corrected chi connectivity index (χ1v) is 8.33. The Bertz CT molecular complexity index is 762. The van der Waals surface area contributed by atoms with Crippen molar-refractivity contribution in [2.24, 2.45) is 11.3 Å². The summed E-state index contributed by atoms with van der Waals surface area (Å²) in [6.45, 7) is 3.59. The molecule has 0 aromatic heterocycles. The van der Waals surface area contributed by atoms with Gasteiger partial charge in [-0.2, -0.15) is 0 Å². The molecule has 1 aromatic rings. The minimum absolute atomic E-state index is 0.128. The summed E-state index contributed by atoms with van der Waals surface area (Å²) in [6.07, 6.45) is 1.81. The highest BCUT2D eigenvalue weighted by Gasteiger charge is 2.54. The zero-order valence-electron chi connectivity index (χ0n) is 14.1. The van der Waals surface area contributed by atoms with E-state index in [0.717, 1.165) is 0 Å². The van der Waals surface area contributed by atoms with Crippen LogP contribution in [0.25, 0.3) is 5.57 Å². The number of rotatable bonds is 4. The van der Waals surface area contributed by atoms with Gasteiger partial charge < -0.3 is 9.47 Å². The predicted molar refractivity (Wildman–Crippen MR) is 87.1 cm³/mol. The molecular formula is C19H19FO5. The average molecular weight is 346 g/mol. The van der Waals surface area contributed by atoms with Gasteiger partial charge in [0.2, 0.25) is 0 Å². The summed E-state index contributed by atoms with van der Waals surface area (Å²) in [4.78, 5) is 37.5. The van der Waals surface area contributed by atoms with E-state index >= 15 is 0 Å². The van der Waals surface area contributed by atoms with Gasteiger partial charge in [-0.3, -0.25) is 14.4 Å². The summed E-state index contributed by atoms with van der Waals surface area (Å²) in [5, 5.41) is 0. The minimum Gasteiger partial charge on any atom is -0.465 e. The smallest absolute Gasteiger partial charge is 0.327 e. The lowest BCUT2D eigenvalue weighted by molar-refractivity contribution is -0.168. The van der Waals surface area contributed by atoms with Crippen molar-refractivity contribution in [3.8, 4) is 0 Å². The number of Topliss-reactive ketones (excluding diaryl/α,β-unsaturated/α-hetero) is 1. The van der Waals surface area contributed by atoms with Crippen LogP contribution in [0.15, 0.2) is 24.3 Å². The summed E-state index contributed by atoms with van der Waals surface area (Å²) in [7, 11) is 0. The average Bonchev–Trinajstić information content (AvgIpc) is 2.96. The van der Waals surface area contributed by atoms with Gasteiger partial charge in [-0.05, 0) is 49.5 Å². The lowest BCUT2D eigenvalue weighted by atomic mass is 9.78. The van der Waals surface area contributed by atoms with Gasteiger partial charge in [0.25, 0.3) is 0 Å². The molecule has 0 saturated heterocycles. The van der Waals surface area contributed by atoms with Crippen molar-refractivity contribution < 1.29 is 28.2 Å². The van der Waals surface area contributed by atoms with Gasteiger partial charge in [0.05, 0.1) is 13.2 Å². The topological polar surface area (TPSA) is 69.7 Å².